The maximum Gasteiger partial charge on any atom is 0.303 e. The van der Waals surface area contributed by atoms with Crippen molar-refractivity contribution in [2.45, 2.75) is 65.9 Å². The molecule has 0 amide bonds. The van der Waals surface area contributed by atoms with E-state index < -0.39 is 5.97 Å². The van der Waals surface area contributed by atoms with Crippen LogP contribution in [0.5, 0.6) is 11.5 Å². The monoisotopic (exact) mass is 452 g/mol. The quantitative estimate of drug-likeness (QED) is 0.273. The molecule has 5 heteroatoms. The third kappa shape index (κ3) is 8.08. The van der Waals surface area contributed by atoms with Crippen LogP contribution in [0.15, 0.2) is 49.1 Å². The van der Waals surface area contributed by atoms with Crippen molar-refractivity contribution in [2.75, 3.05) is 6.61 Å². The Kier molecular flexibility index (Phi) is 10.2. The molecule has 2 aromatic rings. The van der Waals surface area contributed by atoms with Crippen LogP contribution in [0.2, 0.25) is 0 Å². The van der Waals surface area contributed by atoms with E-state index in [2.05, 4.69) is 13.5 Å². The average molecular weight is 453 g/mol. The van der Waals surface area contributed by atoms with Gasteiger partial charge in [-0.3, -0.25) is 9.59 Å². The lowest BCUT2D eigenvalue weighted by atomic mass is 9.96. The molecule has 1 N–H and O–H groups in total. The van der Waals surface area contributed by atoms with Crippen molar-refractivity contribution in [1.82, 2.24) is 0 Å². The maximum atomic E-state index is 12.9. The summed E-state index contributed by atoms with van der Waals surface area (Å²) in [7, 11) is 0. The molecule has 5 nitrogen and oxygen atoms in total. The molecule has 0 aliphatic carbocycles. The molecule has 0 aromatic heterocycles. The van der Waals surface area contributed by atoms with E-state index in [1.807, 2.05) is 57.2 Å². The van der Waals surface area contributed by atoms with Gasteiger partial charge in [0.1, 0.15) is 11.5 Å². The number of rotatable bonds is 14. The Hall–Kier alpha value is -3.08. The zero-order valence-corrected chi connectivity index (χ0v) is 20.2. The zero-order chi connectivity index (χ0) is 24.4. The summed E-state index contributed by atoms with van der Waals surface area (Å²) >= 11 is 0. The molecule has 0 bridgehead atoms. The highest BCUT2D eigenvalue weighted by Crippen LogP contribution is 2.26. The first-order valence-corrected chi connectivity index (χ1v) is 11.7. The van der Waals surface area contributed by atoms with Gasteiger partial charge >= 0.3 is 5.97 Å². The minimum atomic E-state index is -0.799. The van der Waals surface area contributed by atoms with Gasteiger partial charge in [0.15, 0.2) is 5.78 Å². The molecule has 33 heavy (non-hydrogen) atoms. The number of carbonyl (C=O) groups is 2. The predicted octanol–water partition coefficient (Wildman–Crippen LogP) is 6.21. The summed E-state index contributed by atoms with van der Waals surface area (Å²) < 4.78 is 12.0. The minimum Gasteiger partial charge on any atom is -0.493 e. The Morgan fingerprint density at radius 1 is 1.12 bits per heavy atom. The summed E-state index contributed by atoms with van der Waals surface area (Å²) in [5.41, 5.74) is 3.76. The zero-order valence-electron chi connectivity index (χ0n) is 20.2. The standard InChI is InChI=1S/C28H36O5/c1-6-8-22-9-13-26(25(18-22)28(31)19(3)7-2)33-21(5)15-16-32-24-12-10-23(20(4)17-24)11-14-27(29)30/h7,9-10,12-13,17-19,21H,2,6,8,11,14-16H2,1,3-5H3,(H,29,30). The van der Waals surface area contributed by atoms with Crippen molar-refractivity contribution in [3.05, 3.63) is 71.3 Å². The van der Waals surface area contributed by atoms with Crippen molar-refractivity contribution in [2.24, 2.45) is 5.92 Å². The minimum absolute atomic E-state index is 0.0138. The van der Waals surface area contributed by atoms with Gasteiger partial charge in [0.2, 0.25) is 0 Å². The molecule has 0 spiro atoms. The number of benzene rings is 2. The van der Waals surface area contributed by atoms with Gasteiger partial charge in [0.05, 0.1) is 18.3 Å². The van der Waals surface area contributed by atoms with Crippen LogP contribution in [0.1, 0.15) is 67.1 Å². The highest BCUT2D eigenvalue weighted by molar-refractivity contribution is 6.01. The third-order valence-corrected chi connectivity index (χ3v) is 5.66. The second kappa shape index (κ2) is 12.8. The summed E-state index contributed by atoms with van der Waals surface area (Å²) in [6.45, 7) is 12.1. The largest absolute Gasteiger partial charge is 0.493 e. The lowest BCUT2D eigenvalue weighted by Crippen LogP contribution is -2.19. The molecular weight excluding hydrogens is 416 g/mol. The third-order valence-electron chi connectivity index (χ3n) is 5.66. The fourth-order valence-corrected chi connectivity index (χ4v) is 3.57. The smallest absolute Gasteiger partial charge is 0.303 e. The van der Waals surface area contributed by atoms with Gasteiger partial charge in [0.25, 0.3) is 0 Å². The Morgan fingerprint density at radius 2 is 1.88 bits per heavy atom. The van der Waals surface area contributed by atoms with E-state index in [0.717, 1.165) is 35.3 Å². The molecule has 0 fully saturated rings. The Bertz CT molecular complexity index is 963. The number of carboxylic acid groups (broad SMARTS) is 1. The van der Waals surface area contributed by atoms with Gasteiger partial charge < -0.3 is 14.6 Å². The maximum absolute atomic E-state index is 12.9. The number of hydrogen-bond donors (Lipinski definition) is 1. The van der Waals surface area contributed by atoms with Gasteiger partial charge in [-0.1, -0.05) is 38.5 Å². The van der Waals surface area contributed by atoms with Crippen LogP contribution in [-0.2, 0) is 17.6 Å². The van der Waals surface area contributed by atoms with E-state index in [4.69, 9.17) is 14.6 Å². The summed E-state index contributed by atoms with van der Waals surface area (Å²) in [6, 6.07) is 11.6. The van der Waals surface area contributed by atoms with Crippen LogP contribution in [0.3, 0.4) is 0 Å². The second-order valence-corrected chi connectivity index (χ2v) is 8.52. The molecule has 0 heterocycles. The number of allylic oxidation sites excluding steroid dienone is 1. The molecule has 0 saturated heterocycles. The summed E-state index contributed by atoms with van der Waals surface area (Å²) in [5, 5.41) is 8.86. The van der Waals surface area contributed by atoms with Crippen molar-refractivity contribution in [3.63, 3.8) is 0 Å². The predicted molar refractivity (Wildman–Crippen MR) is 131 cm³/mol. The lowest BCUT2D eigenvalue weighted by molar-refractivity contribution is -0.136. The van der Waals surface area contributed by atoms with E-state index in [0.29, 0.717) is 30.8 Å². The molecule has 2 atom stereocenters. The van der Waals surface area contributed by atoms with Crippen LogP contribution < -0.4 is 9.47 Å². The normalized spacial score (nSPS) is 12.6. The van der Waals surface area contributed by atoms with Crippen molar-refractivity contribution in [1.29, 1.82) is 0 Å². The van der Waals surface area contributed by atoms with Crippen molar-refractivity contribution >= 4 is 11.8 Å². The number of Topliss-reactive ketones (excluding diaryl/α,β-unsaturated/α-hetero) is 1. The first kappa shape index (κ1) is 26.2. The van der Waals surface area contributed by atoms with Gasteiger partial charge in [-0.05, 0) is 67.6 Å². The summed E-state index contributed by atoms with van der Waals surface area (Å²) in [6.07, 6.45) is 4.73. The Morgan fingerprint density at radius 3 is 2.52 bits per heavy atom. The van der Waals surface area contributed by atoms with E-state index >= 15 is 0 Å². The first-order valence-electron chi connectivity index (χ1n) is 11.7. The number of aliphatic carboxylic acids is 1. The summed E-state index contributed by atoms with van der Waals surface area (Å²) in [4.78, 5) is 23.6. The topological polar surface area (TPSA) is 72.8 Å². The molecule has 0 radical (unpaired) electrons. The fraction of sp³-hybridized carbons (Fsp3) is 0.429. The number of ether oxygens (including phenoxy) is 2. The van der Waals surface area contributed by atoms with Gasteiger partial charge in [-0.2, -0.15) is 0 Å². The van der Waals surface area contributed by atoms with Crippen molar-refractivity contribution in [3.8, 4) is 11.5 Å². The van der Waals surface area contributed by atoms with Crippen LogP contribution in [0.4, 0.5) is 0 Å². The molecular formula is C28H36O5. The lowest BCUT2D eigenvalue weighted by Gasteiger charge is -2.19. The van der Waals surface area contributed by atoms with Crippen LogP contribution in [0, 0.1) is 12.8 Å². The highest BCUT2D eigenvalue weighted by Gasteiger charge is 2.19. The fourth-order valence-electron chi connectivity index (χ4n) is 3.57. The average Bonchev–Trinajstić information content (AvgIpc) is 2.78. The van der Waals surface area contributed by atoms with E-state index in [1.165, 1.54) is 0 Å². The van der Waals surface area contributed by atoms with Crippen LogP contribution in [-0.4, -0.2) is 29.6 Å². The van der Waals surface area contributed by atoms with Gasteiger partial charge in [-0.25, -0.2) is 0 Å². The van der Waals surface area contributed by atoms with E-state index in [-0.39, 0.29) is 24.2 Å². The molecule has 2 rings (SSSR count). The molecule has 178 valence electrons. The number of carbonyl (C=O) groups excluding carboxylic acids is 1. The molecule has 0 saturated carbocycles. The molecule has 0 aliphatic rings. The molecule has 2 aromatic carbocycles. The van der Waals surface area contributed by atoms with Gasteiger partial charge in [0, 0.05) is 18.8 Å². The van der Waals surface area contributed by atoms with E-state index in [1.54, 1.807) is 6.08 Å². The molecule has 2 unspecified atom stereocenters. The van der Waals surface area contributed by atoms with E-state index in [9.17, 15) is 9.59 Å². The summed E-state index contributed by atoms with van der Waals surface area (Å²) in [5.74, 6) is 0.287. The number of aryl methyl sites for hydroxylation is 3. The highest BCUT2D eigenvalue weighted by atomic mass is 16.5. The van der Waals surface area contributed by atoms with Gasteiger partial charge in [-0.15, -0.1) is 6.58 Å². The Balaban J connectivity index is 1.98. The molecule has 0 aliphatic heterocycles. The first-order chi connectivity index (χ1) is 15.7. The SMILES string of the molecule is C=CC(C)C(=O)c1cc(CCC)ccc1OC(C)CCOc1ccc(CCC(=O)O)c(C)c1. The van der Waals surface area contributed by atoms with Crippen molar-refractivity contribution < 1.29 is 24.2 Å². The number of hydrogen-bond acceptors (Lipinski definition) is 4. The van der Waals surface area contributed by atoms with Crippen LogP contribution >= 0.6 is 0 Å². The van der Waals surface area contributed by atoms with Crippen LogP contribution in [0.25, 0.3) is 0 Å². The Labute approximate surface area is 197 Å². The number of ketones is 1. The second-order valence-electron chi connectivity index (χ2n) is 8.52. The number of carboxylic acids is 1.